The van der Waals surface area contributed by atoms with E-state index in [1.807, 2.05) is 0 Å². The first-order valence-corrected chi connectivity index (χ1v) is 6.96. The van der Waals surface area contributed by atoms with Gasteiger partial charge in [0.15, 0.2) is 6.04 Å². The molecule has 4 atom stereocenters. The Bertz CT molecular complexity index is 512. The van der Waals surface area contributed by atoms with E-state index < -0.39 is 28.9 Å². The molecule has 0 bridgehead atoms. The molecule has 0 aromatic heterocycles. The molecule has 2 fully saturated rings. The Hall–Kier alpha value is -1.14. The number of aliphatic hydroxyl groups excluding tert-OH is 1. The van der Waals surface area contributed by atoms with Crippen molar-refractivity contribution in [2.75, 3.05) is 0 Å². The lowest BCUT2D eigenvalue weighted by Crippen LogP contribution is -2.71. The van der Waals surface area contributed by atoms with Crippen LogP contribution in [0.5, 0.6) is 0 Å². The minimum Gasteiger partial charge on any atom is -0.479 e. The van der Waals surface area contributed by atoms with Gasteiger partial charge < -0.3 is 15.1 Å². The number of carbonyl (C=O) groups is 2. The van der Waals surface area contributed by atoms with Crippen LogP contribution in [0.25, 0.3) is 0 Å². The summed E-state index contributed by atoms with van der Waals surface area (Å²) in [7, 11) is 0. The van der Waals surface area contributed by atoms with E-state index in [0.717, 1.165) is 0 Å². The molecule has 0 aliphatic carbocycles. The molecule has 0 radical (unpaired) electrons. The van der Waals surface area contributed by atoms with Crippen molar-refractivity contribution in [3.63, 3.8) is 0 Å². The molecular formula is C12H13NO4S2. The highest BCUT2D eigenvalue weighted by atomic mass is 32.2. The molecule has 5 nitrogen and oxygen atoms in total. The number of amides is 1. The fraction of sp³-hybridized carbons (Fsp3) is 0.500. The van der Waals surface area contributed by atoms with Crippen LogP contribution in [0.1, 0.15) is 13.3 Å². The number of nitrogens with zero attached hydrogens (tertiary/aromatic N) is 1. The van der Waals surface area contributed by atoms with Crippen molar-refractivity contribution in [1.29, 1.82) is 0 Å². The molecule has 0 saturated carbocycles. The van der Waals surface area contributed by atoms with Crippen LogP contribution >= 0.6 is 24.0 Å². The summed E-state index contributed by atoms with van der Waals surface area (Å²) in [5.74, 6) is -1.50. The fourth-order valence-corrected chi connectivity index (χ4v) is 4.48. The van der Waals surface area contributed by atoms with Crippen LogP contribution in [0.4, 0.5) is 0 Å². The van der Waals surface area contributed by atoms with Crippen molar-refractivity contribution in [3.8, 4) is 0 Å². The van der Waals surface area contributed by atoms with Crippen molar-refractivity contribution in [2.24, 2.45) is 5.41 Å². The van der Waals surface area contributed by atoms with Gasteiger partial charge in [0.1, 0.15) is 10.8 Å². The maximum absolute atomic E-state index is 12.3. The monoisotopic (exact) mass is 299 g/mol. The second-order valence-corrected chi connectivity index (χ2v) is 5.93. The number of carboxylic acids is 1. The van der Waals surface area contributed by atoms with Gasteiger partial charge in [-0.3, -0.25) is 4.79 Å². The highest BCUT2D eigenvalue weighted by Crippen LogP contribution is 2.58. The second-order valence-electron chi connectivity index (χ2n) is 4.60. The number of β-lactam (4-membered cyclic amide) rings is 1. The van der Waals surface area contributed by atoms with Gasteiger partial charge in [0.2, 0.25) is 5.91 Å². The molecule has 2 saturated heterocycles. The summed E-state index contributed by atoms with van der Waals surface area (Å²) in [6.07, 6.45) is 0.984. The molecule has 2 unspecified atom stereocenters. The van der Waals surface area contributed by atoms with Crippen LogP contribution < -0.4 is 0 Å². The number of carboxylic acid groups (broad SMARTS) is 1. The molecule has 2 aliphatic heterocycles. The summed E-state index contributed by atoms with van der Waals surface area (Å²) >= 11 is 5.89. The van der Waals surface area contributed by atoms with Gasteiger partial charge in [0.05, 0.1) is 11.0 Å². The van der Waals surface area contributed by atoms with Gasteiger partial charge in [0.25, 0.3) is 0 Å². The van der Waals surface area contributed by atoms with E-state index in [1.54, 1.807) is 6.08 Å². The standard InChI is InChI=1S/C12H13NO4S2/c1-3-4-12(6(2)14)10(17)13-8(9(15)16)7(5-18)19-11(12)13/h3,6,8,11,14H,1,4H2,2H3,(H,15,16)/t6?,8?,11-,12+/m1/s1. The molecule has 0 aromatic rings. The number of allylic oxidation sites excluding steroid dienone is 1. The average molecular weight is 299 g/mol. The zero-order chi connectivity index (χ0) is 14.4. The van der Waals surface area contributed by atoms with Crippen molar-refractivity contribution in [1.82, 2.24) is 4.90 Å². The molecule has 2 aliphatic rings. The summed E-state index contributed by atoms with van der Waals surface area (Å²) < 4.78 is 0. The Labute approximate surface area is 120 Å². The number of fused-ring (bicyclic) bond motifs is 1. The molecule has 19 heavy (non-hydrogen) atoms. The van der Waals surface area contributed by atoms with Crippen LogP contribution in [-0.2, 0) is 9.59 Å². The van der Waals surface area contributed by atoms with Crippen molar-refractivity contribution >= 4 is 40.9 Å². The number of hydrogen-bond donors (Lipinski definition) is 2. The fourth-order valence-electron chi connectivity index (χ4n) is 2.65. The quantitative estimate of drug-likeness (QED) is 0.454. The van der Waals surface area contributed by atoms with Crippen LogP contribution in [-0.4, -0.2) is 49.5 Å². The summed E-state index contributed by atoms with van der Waals surface area (Å²) in [5.41, 5.74) is -1.01. The van der Waals surface area contributed by atoms with E-state index in [9.17, 15) is 19.8 Å². The number of aliphatic carboxylic acids is 1. The zero-order valence-electron chi connectivity index (χ0n) is 10.2. The van der Waals surface area contributed by atoms with Crippen LogP contribution in [0.2, 0.25) is 0 Å². The molecule has 7 heteroatoms. The Morgan fingerprint density at radius 1 is 1.79 bits per heavy atom. The predicted molar refractivity (Wildman–Crippen MR) is 74.7 cm³/mol. The largest absolute Gasteiger partial charge is 0.479 e. The van der Waals surface area contributed by atoms with Gasteiger partial charge in [-0.2, -0.15) is 0 Å². The van der Waals surface area contributed by atoms with Gasteiger partial charge in [0, 0.05) is 0 Å². The SMILES string of the molecule is C=CC[C@]1(C(C)O)C(=O)N2C(C(=O)O)C(=C=S)S[C@@H]21. The first kappa shape index (κ1) is 14.3. The minimum atomic E-state index is -1.13. The van der Waals surface area contributed by atoms with Crippen LogP contribution in [0.15, 0.2) is 17.6 Å². The molecule has 0 aromatic carbocycles. The lowest BCUT2D eigenvalue weighted by atomic mass is 9.70. The van der Waals surface area contributed by atoms with Gasteiger partial charge in [-0.15, -0.1) is 6.58 Å². The Kier molecular flexibility index (Phi) is 3.57. The second kappa shape index (κ2) is 4.76. The van der Waals surface area contributed by atoms with Gasteiger partial charge in [-0.25, -0.2) is 4.79 Å². The summed E-state index contributed by atoms with van der Waals surface area (Å²) in [4.78, 5) is 25.2. The topological polar surface area (TPSA) is 77.8 Å². The Morgan fingerprint density at radius 2 is 2.42 bits per heavy atom. The van der Waals surface area contributed by atoms with Crippen LogP contribution in [0, 0.1) is 5.41 Å². The van der Waals surface area contributed by atoms with E-state index in [-0.39, 0.29) is 5.91 Å². The lowest BCUT2D eigenvalue weighted by molar-refractivity contribution is -0.181. The zero-order valence-corrected chi connectivity index (χ0v) is 11.8. The maximum Gasteiger partial charge on any atom is 0.332 e. The third-order valence-corrected chi connectivity index (χ3v) is 5.45. The Morgan fingerprint density at radius 3 is 2.84 bits per heavy atom. The summed E-state index contributed by atoms with van der Waals surface area (Å²) in [5, 5.41) is 21.1. The molecule has 2 heterocycles. The number of rotatable bonds is 4. The normalized spacial score (nSPS) is 34.3. The lowest BCUT2D eigenvalue weighted by Gasteiger charge is -2.54. The highest BCUT2D eigenvalue weighted by molar-refractivity contribution is 8.05. The van der Waals surface area contributed by atoms with Crippen molar-refractivity contribution in [2.45, 2.75) is 30.9 Å². The predicted octanol–water partition coefficient (Wildman–Crippen LogP) is 0.780. The smallest absolute Gasteiger partial charge is 0.332 e. The summed E-state index contributed by atoms with van der Waals surface area (Å²) in [6, 6.07) is -1.07. The molecular weight excluding hydrogens is 286 g/mol. The third kappa shape index (κ3) is 1.70. The summed E-state index contributed by atoms with van der Waals surface area (Å²) in [6.45, 7) is 5.14. The van der Waals surface area contributed by atoms with E-state index in [2.05, 4.69) is 11.6 Å². The van der Waals surface area contributed by atoms with Gasteiger partial charge in [-0.1, -0.05) is 17.8 Å². The van der Waals surface area contributed by atoms with Crippen molar-refractivity contribution < 1.29 is 19.8 Å². The number of aliphatic hydroxyl groups is 1. The molecule has 2 N–H and O–H groups in total. The van der Waals surface area contributed by atoms with E-state index in [0.29, 0.717) is 11.3 Å². The highest BCUT2D eigenvalue weighted by Gasteiger charge is 2.69. The minimum absolute atomic E-state index is 0.300. The number of thiocarbonyl (C=S) groups is 1. The Balaban J connectivity index is 2.44. The van der Waals surface area contributed by atoms with Crippen molar-refractivity contribution in [3.05, 3.63) is 17.6 Å². The van der Waals surface area contributed by atoms with E-state index >= 15 is 0 Å². The molecule has 102 valence electrons. The number of thioether (sulfide) groups is 1. The van der Waals surface area contributed by atoms with E-state index in [1.165, 1.54) is 23.6 Å². The number of carbonyl (C=O) groups excluding carboxylic acids is 1. The third-order valence-electron chi connectivity index (χ3n) is 3.65. The first-order chi connectivity index (χ1) is 8.91. The van der Waals surface area contributed by atoms with E-state index in [4.69, 9.17) is 12.2 Å². The average Bonchev–Trinajstić information content (AvgIpc) is 2.71. The molecule has 0 spiro atoms. The van der Waals surface area contributed by atoms with Crippen LogP contribution in [0.3, 0.4) is 0 Å². The van der Waals surface area contributed by atoms with Gasteiger partial charge >= 0.3 is 5.97 Å². The number of hydrogen-bond acceptors (Lipinski definition) is 5. The molecule has 2 rings (SSSR count). The first-order valence-electron chi connectivity index (χ1n) is 5.68. The maximum atomic E-state index is 12.3. The molecule has 1 amide bonds. The van der Waals surface area contributed by atoms with Gasteiger partial charge in [-0.05, 0) is 30.6 Å².